The van der Waals surface area contributed by atoms with Crippen LogP contribution in [0.15, 0.2) is 42.5 Å². The van der Waals surface area contributed by atoms with E-state index in [1.54, 1.807) is 0 Å². The van der Waals surface area contributed by atoms with Gasteiger partial charge in [-0.3, -0.25) is 0 Å². The molecule has 3 nitrogen and oxygen atoms in total. The molecule has 2 aromatic carbocycles. The van der Waals surface area contributed by atoms with Gasteiger partial charge in [-0.05, 0) is 42.2 Å². The van der Waals surface area contributed by atoms with Crippen LogP contribution in [0.1, 0.15) is 23.1 Å². The number of rotatable bonds is 3. The predicted octanol–water partition coefficient (Wildman–Crippen LogP) is 3.24. The van der Waals surface area contributed by atoms with E-state index in [1.807, 2.05) is 6.07 Å². The number of anilines is 1. The van der Waals surface area contributed by atoms with Crippen molar-refractivity contribution in [3.63, 3.8) is 0 Å². The summed E-state index contributed by atoms with van der Waals surface area (Å²) in [6, 6.07) is 14.8. The lowest BCUT2D eigenvalue weighted by molar-refractivity contribution is 0.322. The first-order chi connectivity index (χ1) is 10.3. The van der Waals surface area contributed by atoms with Gasteiger partial charge in [0.1, 0.15) is 5.75 Å². The highest BCUT2D eigenvalue weighted by atomic mass is 16.5. The highest BCUT2D eigenvalue weighted by Crippen LogP contribution is 2.31. The van der Waals surface area contributed by atoms with Crippen molar-refractivity contribution < 1.29 is 4.74 Å². The van der Waals surface area contributed by atoms with Gasteiger partial charge in [0.25, 0.3) is 0 Å². The second-order valence-corrected chi connectivity index (χ2v) is 5.56. The number of para-hydroxylation sites is 2. The van der Waals surface area contributed by atoms with Gasteiger partial charge in [-0.15, -0.1) is 0 Å². The lowest BCUT2D eigenvalue weighted by Crippen LogP contribution is -2.23. The van der Waals surface area contributed by atoms with Crippen LogP contribution in [-0.2, 0) is 13.1 Å². The van der Waals surface area contributed by atoms with Crippen LogP contribution >= 0.6 is 0 Å². The van der Waals surface area contributed by atoms with Crippen LogP contribution in [0.25, 0.3) is 0 Å². The van der Waals surface area contributed by atoms with Crippen molar-refractivity contribution in [1.29, 1.82) is 0 Å². The molecule has 0 spiro atoms. The van der Waals surface area contributed by atoms with E-state index in [4.69, 9.17) is 10.5 Å². The third-order valence-electron chi connectivity index (χ3n) is 4.04. The molecule has 0 radical (unpaired) electrons. The van der Waals surface area contributed by atoms with Crippen molar-refractivity contribution in [3.05, 3.63) is 59.2 Å². The molecule has 2 N–H and O–H groups in total. The van der Waals surface area contributed by atoms with Crippen LogP contribution in [0.2, 0.25) is 0 Å². The van der Waals surface area contributed by atoms with Gasteiger partial charge < -0.3 is 15.4 Å². The van der Waals surface area contributed by atoms with Crippen LogP contribution < -0.4 is 15.4 Å². The van der Waals surface area contributed by atoms with Gasteiger partial charge in [-0.25, -0.2) is 0 Å². The maximum Gasteiger partial charge on any atom is 0.142 e. The summed E-state index contributed by atoms with van der Waals surface area (Å²) in [5.41, 5.74) is 10.7. The maximum atomic E-state index is 5.82. The first-order valence-electron chi connectivity index (χ1n) is 7.53. The van der Waals surface area contributed by atoms with Crippen molar-refractivity contribution >= 4 is 5.69 Å². The molecule has 0 amide bonds. The van der Waals surface area contributed by atoms with E-state index in [2.05, 4.69) is 48.2 Å². The van der Waals surface area contributed by atoms with E-state index in [-0.39, 0.29) is 0 Å². The highest BCUT2D eigenvalue weighted by molar-refractivity contribution is 5.59. The molecule has 0 aliphatic carbocycles. The fourth-order valence-electron chi connectivity index (χ4n) is 2.83. The average Bonchev–Trinajstić information content (AvgIpc) is 2.72. The number of fused-ring (bicyclic) bond motifs is 1. The topological polar surface area (TPSA) is 38.5 Å². The molecule has 2 aromatic rings. The number of hydrogen-bond donors (Lipinski definition) is 1. The maximum absolute atomic E-state index is 5.82. The van der Waals surface area contributed by atoms with Gasteiger partial charge in [0.2, 0.25) is 0 Å². The molecule has 1 heterocycles. The van der Waals surface area contributed by atoms with E-state index < -0.39 is 0 Å². The summed E-state index contributed by atoms with van der Waals surface area (Å²) in [7, 11) is 0. The van der Waals surface area contributed by atoms with Crippen molar-refractivity contribution in [2.24, 2.45) is 5.73 Å². The van der Waals surface area contributed by atoms with Gasteiger partial charge >= 0.3 is 0 Å². The predicted molar refractivity (Wildman–Crippen MR) is 86.7 cm³/mol. The first kappa shape index (κ1) is 14.0. The summed E-state index contributed by atoms with van der Waals surface area (Å²) in [5.74, 6) is 0.992. The molecule has 0 unspecified atom stereocenters. The second kappa shape index (κ2) is 6.19. The average molecular weight is 282 g/mol. The summed E-state index contributed by atoms with van der Waals surface area (Å²) in [6.07, 6.45) is 1.05. The molecule has 1 aliphatic heterocycles. The Labute approximate surface area is 126 Å². The van der Waals surface area contributed by atoms with Gasteiger partial charge in [0.15, 0.2) is 0 Å². The molecular weight excluding hydrogens is 260 g/mol. The van der Waals surface area contributed by atoms with Gasteiger partial charge in [-0.1, -0.05) is 30.3 Å². The second-order valence-electron chi connectivity index (χ2n) is 5.56. The van der Waals surface area contributed by atoms with Crippen LogP contribution in [0.4, 0.5) is 5.69 Å². The zero-order valence-electron chi connectivity index (χ0n) is 12.5. The summed E-state index contributed by atoms with van der Waals surface area (Å²) < 4.78 is 5.82. The number of hydrogen-bond acceptors (Lipinski definition) is 3. The molecule has 21 heavy (non-hydrogen) atoms. The van der Waals surface area contributed by atoms with E-state index >= 15 is 0 Å². The Bertz CT molecular complexity index is 624. The largest absolute Gasteiger partial charge is 0.491 e. The highest BCUT2D eigenvalue weighted by Gasteiger charge is 2.16. The minimum atomic E-state index is 0.599. The third kappa shape index (κ3) is 3.03. The Morgan fingerprint density at radius 2 is 2.05 bits per heavy atom. The zero-order chi connectivity index (χ0) is 14.7. The number of ether oxygens (including phenoxy) is 1. The standard InChI is InChI=1S/C18H22N2O/c1-14-11-15(12-19)7-8-16(14)13-20-9-4-10-21-18-6-3-2-5-17(18)20/h2-3,5-8,11H,4,9-10,12-13,19H2,1H3. The molecule has 0 saturated carbocycles. The minimum Gasteiger partial charge on any atom is -0.491 e. The van der Waals surface area contributed by atoms with Gasteiger partial charge in [-0.2, -0.15) is 0 Å². The first-order valence-corrected chi connectivity index (χ1v) is 7.53. The number of aryl methyl sites for hydroxylation is 1. The molecule has 0 atom stereocenters. The smallest absolute Gasteiger partial charge is 0.142 e. The van der Waals surface area contributed by atoms with E-state index in [1.165, 1.54) is 22.4 Å². The molecular formula is C18H22N2O. The molecule has 3 heteroatoms. The Hall–Kier alpha value is -2.00. The molecule has 3 rings (SSSR count). The fourth-order valence-corrected chi connectivity index (χ4v) is 2.83. The van der Waals surface area contributed by atoms with Crippen molar-refractivity contribution in [2.45, 2.75) is 26.4 Å². The lowest BCUT2D eigenvalue weighted by Gasteiger charge is -2.24. The van der Waals surface area contributed by atoms with Crippen LogP contribution in [0.5, 0.6) is 5.75 Å². The van der Waals surface area contributed by atoms with Crippen molar-refractivity contribution in [1.82, 2.24) is 0 Å². The normalized spacial score (nSPS) is 14.3. The molecule has 0 saturated heterocycles. The van der Waals surface area contributed by atoms with E-state index in [0.717, 1.165) is 31.9 Å². The Morgan fingerprint density at radius 3 is 2.86 bits per heavy atom. The lowest BCUT2D eigenvalue weighted by atomic mass is 10.0. The quantitative estimate of drug-likeness (QED) is 0.939. The SMILES string of the molecule is Cc1cc(CN)ccc1CN1CCCOc2ccccc21. The summed E-state index contributed by atoms with van der Waals surface area (Å²) in [4.78, 5) is 2.41. The summed E-state index contributed by atoms with van der Waals surface area (Å²) in [5, 5.41) is 0. The Kier molecular flexibility index (Phi) is 4.11. The van der Waals surface area contributed by atoms with Crippen LogP contribution in [0, 0.1) is 6.92 Å². The molecule has 0 fully saturated rings. The Morgan fingerprint density at radius 1 is 1.19 bits per heavy atom. The van der Waals surface area contributed by atoms with Gasteiger partial charge in [0, 0.05) is 19.6 Å². The van der Waals surface area contributed by atoms with Crippen LogP contribution in [0.3, 0.4) is 0 Å². The van der Waals surface area contributed by atoms with Crippen LogP contribution in [-0.4, -0.2) is 13.2 Å². The number of benzene rings is 2. The number of nitrogens with two attached hydrogens (primary N) is 1. The van der Waals surface area contributed by atoms with E-state index in [9.17, 15) is 0 Å². The monoisotopic (exact) mass is 282 g/mol. The van der Waals surface area contributed by atoms with Crippen molar-refractivity contribution in [3.8, 4) is 5.75 Å². The molecule has 0 aromatic heterocycles. The molecule has 110 valence electrons. The fraction of sp³-hybridized carbons (Fsp3) is 0.333. The van der Waals surface area contributed by atoms with Crippen molar-refractivity contribution in [2.75, 3.05) is 18.1 Å². The molecule has 1 aliphatic rings. The van der Waals surface area contributed by atoms with E-state index in [0.29, 0.717) is 6.54 Å². The zero-order valence-corrected chi connectivity index (χ0v) is 12.5. The summed E-state index contributed by atoms with van der Waals surface area (Å²) in [6.45, 7) is 5.49. The summed E-state index contributed by atoms with van der Waals surface area (Å²) >= 11 is 0. The Balaban J connectivity index is 1.87. The molecule has 0 bridgehead atoms. The van der Waals surface area contributed by atoms with Gasteiger partial charge in [0.05, 0.1) is 12.3 Å². The minimum absolute atomic E-state index is 0.599. The number of nitrogens with zero attached hydrogens (tertiary/aromatic N) is 1. The third-order valence-corrected chi connectivity index (χ3v) is 4.04.